The highest BCUT2D eigenvalue weighted by Crippen LogP contribution is 2.38. The van der Waals surface area contributed by atoms with E-state index in [1.54, 1.807) is 12.0 Å². The molecule has 0 aromatic rings. The summed E-state index contributed by atoms with van der Waals surface area (Å²) in [5, 5.41) is 9.28. The fraction of sp³-hybridized carbons (Fsp3) is 0.867. The molecule has 1 aliphatic heterocycles. The van der Waals surface area contributed by atoms with Gasteiger partial charge in [-0.2, -0.15) is 0 Å². The molecular weight excluding hydrogens is 274 g/mol. The number of carboxylic acid groups (broad SMARTS) is 1. The zero-order valence-corrected chi connectivity index (χ0v) is 12.8. The normalized spacial score (nSPS) is 27.1. The number of ether oxygens (including phenoxy) is 2. The second-order valence-corrected chi connectivity index (χ2v) is 6.05. The topological polar surface area (TPSA) is 76.1 Å². The molecule has 2 rings (SSSR count). The number of hydrogen-bond acceptors (Lipinski definition) is 4. The predicted octanol–water partition coefficient (Wildman–Crippen LogP) is 1.28. The van der Waals surface area contributed by atoms with E-state index in [0.29, 0.717) is 19.6 Å². The largest absolute Gasteiger partial charge is 0.481 e. The van der Waals surface area contributed by atoms with Crippen LogP contribution >= 0.6 is 0 Å². The Hall–Kier alpha value is -1.14. The third-order valence-corrected chi connectivity index (χ3v) is 4.72. The van der Waals surface area contributed by atoms with Crippen LogP contribution in [0.3, 0.4) is 0 Å². The molecule has 2 fully saturated rings. The molecule has 2 unspecified atom stereocenters. The van der Waals surface area contributed by atoms with Crippen molar-refractivity contribution in [2.24, 2.45) is 5.92 Å². The third-order valence-electron chi connectivity index (χ3n) is 4.72. The van der Waals surface area contributed by atoms with E-state index < -0.39 is 11.9 Å². The lowest BCUT2D eigenvalue weighted by molar-refractivity contribution is -0.150. The van der Waals surface area contributed by atoms with Gasteiger partial charge in [0.05, 0.1) is 31.3 Å². The molecule has 21 heavy (non-hydrogen) atoms. The van der Waals surface area contributed by atoms with Gasteiger partial charge in [-0.1, -0.05) is 6.92 Å². The molecule has 6 heteroatoms. The van der Waals surface area contributed by atoms with Crippen LogP contribution in [0.15, 0.2) is 0 Å². The van der Waals surface area contributed by atoms with Crippen LogP contribution in [-0.4, -0.2) is 60.4 Å². The summed E-state index contributed by atoms with van der Waals surface area (Å²) in [6.07, 6.45) is 4.03. The number of rotatable bonds is 7. The van der Waals surface area contributed by atoms with Crippen molar-refractivity contribution in [1.29, 1.82) is 0 Å². The van der Waals surface area contributed by atoms with Crippen molar-refractivity contribution < 1.29 is 24.2 Å². The fourth-order valence-corrected chi connectivity index (χ4v) is 3.20. The number of nitrogens with zero attached hydrogens (tertiary/aromatic N) is 1. The lowest BCUT2D eigenvalue weighted by Gasteiger charge is -2.42. The first-order valence-corrected chi connectivity index (χ1v) is 7.68. The van der Waals surface area contributed by atoms with Crippen LogP contribution in [0.1, 0.15) is 39.0 Å². The number of methoxy groups -OCH3 is 1. The summed E-state index contributed by atoms with van der Waals surface area (Å²) in [7, 11) is 1.65. The van der Waals surface area contributed by atoms with Crippen molar-refractivity contribution in [3.63, 3.8) is 0 Å². The van der Waals surface area contributed by atoms with Crippen LogP contribution in [-0.2, 0) is 19.1 Å². The van der Waals surface area contributed by atoms with E-state index in [1.807, 2.05) is 6.92 Å². The molecule has 1 aliphatic carbocycles. The zero-order valence-electron chi connectivity index (χ0n) is 12.8. The van der Waals surface area contributed by atoms with E-state index in [1.165, 1.54) is 0 Å². The van der Waals surface area contributed by atoms with E-state index in [0.717, 1.165) is 25.7 Å². The molecule has 1 saturated heterocycles. The Labute approximate surface area is 125 Å². The van der Waals surface area contributed by atoms with E-state index in [2.05, 4.69) is 0 Å². The first-order valence-electron chi connectivity index (χ1n) is 7.68. The van der Waals surface area contributed by atoms with Crippen LogP contribution in [0.2, 0.25) is 0 Å². The SMILES string of the molecule is CCCN(C(=O)CC1(OC)CCC1)C1COCC1C(=O)O. The second kappa shape index (κ2) is 6.75. The Morgan fingerprint density at radius 3 is 2.57 bits per heavy atom. The van der Waals surface area contributed by atoms with Crippen molar-refractivity contribution in [2.75, 3.05) is 26.9 Å². The summed E-state index contributed by atoms with van der Waals surface area (Å²) in [6.45, 7) is 3.04. The molecule has 0 aromatic heterocycles. The number of hydrogen-bond donors (Lipinski definition) is 1. The maximum absolute atomic E-state index is 12.7. The van der Waals surface area contributed by atoms with Gasteiger partial charge in [0.15, 0.2) is 0 Å². The summed E-state index contributed by atoms with van der Waals surface area (Å²) in [4.78, 5) is 25.7. The molecular formula is C15H25NO5. The Morgan fingerprint density at radius 2 is 2.10 bits per heavy atom. The molecule has 1 saturated carbocycles. The van der Waals surface area contributed by atoms with E-state index in [-0.39, 0.29) is 24.2 Å². The van der Waals surface area contributed by atoms with Crippen LogP contribution < -0.4 is 0 Å². The first-order chi connectivity index (χ1) is 10.0. The Kier molecular flexibility index (Phi) is 5.22. The highest BCUT2D eigenvalue weighted by Gasteiger charge is 2.44. The zero-order chi connectivity index (χ0) is 15.5. The second-order valence-electron chi connectivity index (χ2n) is 6.05. The first kappa shape index (κ1) is 16.2. The van der Waals surface area contributed by atoms with Gasteiger partial charge in [0.25, 0.3) is 0 Å². The highest BCUT2D eigenvalue weighted by atomic mass is 16.5. The van der Waals surface area contributed by atoms with E-state index in [9.17, 15) is 14.7 Å². The average Bonchev–Trinajstić information content (AvgIpc) is 2.89. The quantitative estimate of drug-likeness (QED) is 0.766. The molecule has 2 aliphatic rings. The van der Waals surface area contributed by atoms with Crippen molar-refractivity contribution in [3.05, 3.63) is 0 Å². The summed E-state index contributed by atoms with van der Waals surface area (Å²) in [5.41, 5.74) is -0.332. The van der Waals surface area contributed by atoms with Crippen molar-refractivity contribution in [3.8, 4) is 0 Å². The van der Waals surface area contributed by atoms with Crippen molar-refractivity contribution in [2.45, 2.75) is 50.7 Å². The standard InChI is InChI=1S/C15H25NO5/c1-3-7-16(12-10-21-9-11(12)14(18)19)13(17)8-15(20-2)5-4-6-15/h11-12H,3-10H2,1-2H3,(H,18,19). The third kappa shape index (κ3) is 3.37. The number of amides is 1. The Balaban J connectivity index is 2.07. The van der Waals surface area contributed by atoms with Crippen LogP contribution in [0, 0.1) is 5.92 Å². The Morgan fingerprint density at radius 1 is 1.38 bits per heavy atom. The minimum Gasteiger partial charge on any atom is -0.481 e. The molecule has 0 bridgehead atoms. The van der Waals surface area contributed by atoms with Crippen molar-refractivity contribution >= 4 is 11.9 Å². The van der Waals surface area contributed by atoms with Gasteiger partial charge in [-0.05, 0) is 25.7 Å². The molecule has 120 valence electrons. The maximum atomic E-state index is 12.7. The van der Waals surface area contributed by atoms with Gasteiger partial charge in [-0.25, -0.2) is 0 Å². The molecule has 1 amide bonds. The molecule has 2 atom stereocenters. The van der Waals surface area contributed by atoms with E-state index >= 15 is 0 Å². The highest BCUT2D eigenvalue weighted by molar-refractivity contribution is 5.79. The number of carbonyl (C=O) groups is 2. The summed E-state index contributed by atoms with van der Waals surface area (Å²) >= 11 is 0. The molecule has 0 radical (unpaired) electrons. The van der Waals surface area contributed by atoms with Gasteiger partial charge in [-0.15, -0.1) is 0 Å². The minimum atomic E-state index is -0.892. The van der Waals surface area contributed by atoms with Gasteiger partial charge in [-0.3, -0.25) is 9.59 Å². The fourth-order valence-electron chi connectivity index (χ4n) is 3.20. The Bertz CT molecular complexity index is 388. The average molecular weight is 299 g/mol. The number of aliphatic carboxylic acids is 1. The lowest BCUT2D eigenvalue weighted by atomic mass is 9.77. The van der Waals surface area contributed by atoms with Crippen LogP contribution in [0.5, 0.6) is 0 Å². The molecule has 0 aromatic carbocycles. The molecule has 0 spiro atoms. The van der Waals surface area contributed by atoms with E-state index in [4.69, 9.17) is 9.47 Å². The minimum absolute atomic E-state index is 0.0137. The number of carbonyl (C=O) groups excluding carboxylic acids is 1. The summed E-state index contributed by atoms with van der Waals surface area (Å²) in [6, 6.07) is -0.357. The smallest absolute Gasteiger partial charge is 0.311 e. The van der Waals surface area contributed by atoms with Gasteiger partial charge in [0.1, 0.15) is 5.92 Å². The maximum Gasteiger partial charge on any atom is 0.311 e. The molecule has 6 nitrogen and oxygen atoms in total. The van der Waals surface area contributed by atoms with Crippen molar-refractivity contribution in [1.82, 2.24) is 4.90 Å². The van der Waals surface area contributed by atoms with Gasteiger partial charge >= 0.3 is 5.97 Å². The summed E-state index contributed by atoms with van der Waals surface area (Å²) in [5.74, 6) is -1.53. The van der Waals surface area contributed by atoms with Crippen LogP contribution in [0.25, 0.3) is 0 Å². The molecule has 1 N–H and O–H groups in total. The van der Waals surface area contributed by atoms with Gasteiger partial charge in [0.2, 0.25) is 5.91 Å². The number of carboxylic acids is 1. The van der Waals surface area contributed by atoms with Gasteiger partial charge < -0.3 is 19.5 Å². The monoisotopic (exact) mass is 299 g/mol. The van der Waals surface area contributed by atoms with Crippen LogP contribution in [0.4, 0.5) is 0 Å². The molecule has 1 heterocycles. The lowest BCUT2D eigenvalue weighted by Crippen LogP contribution is -2.51. The summed E-state index contributed by atoms with van der Waals surface area (Å²) < 4.78 is 10.8. The predicted molar refractivity (Wildman–Crippen MR) is 75.9 cm³/mol. The van der Waals surface area contributed by atoms with Gasteiger partial charge in [0, 0.05) is 13.7 Å².